The molecule has 0 aliphatic carbocycles. The molecule has 0 spiro atoms. The lowest BCUT2D eigenvalue weighted by molar-refractivity contribution is 0.368. The minimum atomic E-state index is 0.0416. The Balaban J connectivity index is 1.96. The van der Waals surface area contributed by atoms with Crippen LogP contribution in [0.1, 0.15) is 10.4 Å². The third-order valence-electron chi connectivity index (χ3n) is 2.39. The van der Waals surface area contributed by atoms with Gasteiger partial charge in [0.1, 0.15) is 17.9 Å². The number of nitriles is 2. The van der Waals surface area contributed by atoms with Crippen LogP contribution in [0.3, 0.4) is 0 Å². The first-order valence-corrected chi connectivity index (χ1v) is 6.51. The fourth-order valence-corrected chi connectivity index (χ4v) is 2.28. The highest BCUT2D eigenvalue weighted by molar-refractivity contribution is 7.10. The lowest BCUT2D eigenvalue weighted by Crippen LogP contribution is -1.98. The largest absolute Gasteiger partial charge is 0.479 e. The molecule has 0 aliphatic rings. The van der Waals surface area contributed by atoms with Crippen LogP contribution in [-0.2, 0) is 6.54 Å². The van der Waals surface area contributed by atoms with E-state index >= 15 is 0 Å². The van der Waals surface area contributed by atoms with Crippen molar-refractivity contribution in [1.82, 2.24) is 0 Å². The summed E-state index contributed by atoms with van der Waals surface area (Å²) in [5.41, 5.74) is 1.61. The first-order chi connectivity index (χ1) is 9.31. The van der Waals surface area contributed by atoms with Crippen LogP contribution in [0, 0.1) is 22.7 Å². The van der Waals surface area contributed by atoms with Crippen LogP contribution >= 0.6 is 11.3 Å². The number of hydrogen-bond donors (Lipinski definition) is 1. The van der Waals surface area contributed by atoms with Crippen LogP contribution in [0.25, 0.3) is 0 Å². The molecule has 19 heavy (non-hydrogen) atoms. The van der Waals surface area contributed by atoms with Gasteiger partial charge >= 0.3 is 0 Å². The number of nitrogens with zero attached hydrogens (tertiary/aromatic N) is 2. The Morgan fingerprint density at radius 1 is 1.26 bits per heavy atom. The van der Waals surface area contributed by atoms with Gasteiger partial charge in [0.05, 0.1) is 5.56 Å². The normalized spacial score (nSPS) is 9.37. The third kappa shape index (κ3) is 3.74. The molecule has 0 saturated heterocycles. The zero-order valence-corrected chi connectivity index (χ0v) is 10.9. The number of anilines is 1. The van der Waals surface area contributed by atoms with Crippen LogP contribution in [0.2, 0.25) is 0 Å². The molecule has 4 nitrogen and oxygen atoms in total. The summed E-state index contributed by atoms with van der Waals surface area (Å²) in [7, 11) is 0. The van der Waals surface area contributed by atoms with Crippen LogP contribution in [0.4, 0.5) is 5.69 Å². The molecule has 0 bridgehead atoms. The zero-order valence-electron chi connectivity index (χ0n) is 10.1. The first kappa shape index (κ1) is 12.9. The van der Waals surface area contributed by atoms with E-state index in [2.05, 4.69) is 11.4 Å². The van der Waals surface area contributed by atoms with Gasteiger partial charge in [0, 0.05) is 28.6 Å². The van der Waals surface area contributed by atoms with Crippen molar-refractivity contribution in [2.45, 2.75) is 6.54 Å². The second kappa shape index (κ2) is 6.44. The summed E-state index contributed by atoms with van der Waals surface area (Å²) in [6.45, 7) is 0.702. The van der Waals surface area contributed by atoms with E-state index < -0.39 is 0 Å². The van der Waals surface area contributed by atoms with E-state index in [1.54, 1.807) is 17.4 Å². The van der Waals surface area contributed by atoms with Crippen molar-refractivity contribution in [3.8, 4) is 17.9 Å². The molecule has 5 heteroatoms. The molecule has 1 aromatic heterocycles. The Bertz CT molecular complexity index is 637. The molecule has 2 aromatic rings. The van der Waals surface area contributed by atoms with E-state index in [-0.39, 0.29) is 6.61 Å². The predicted octanol–water partition coefficient (Wildman–Crippen LogP) is 3.13. The van der Waals surface area contributed by atoms with E-state index in [0.717, 1.165) is 10.6 Å². The van der Waals surface area contributed by atoms with Gasteiger partial charge in [-0.1, -0.05) is 6.07 Å². The smallest absolute Gasteiger partial charge is 0.174 e. The lowest BCUT2D eigenvalue weighted by atomic mass is 10.3. The summed E-state index contributed by atoms with van der Waals surface area (Å²) in [4.78, 5) is 1.10. The van der Waals surface area contributed by atoms with E-state index in [1.165, 1.54) is 0 Å². The summed E-state index contributed by atoms with van der Waals surface area (Å²) in [5, 5.41) is 22.3. The molecule has 0 fully saturated rings. The first-order valence-electron chi connectivity index (χ1n) is 5.63. The van der Waals surface area contributed by atoms with Gasteiger partial charge < -0.3 is 10.1 Å². The summed E-state index contributed by atoms with van der Waals surface area (Å²) < 4.78 is 5.23. The van der Waals surface area contributed by atoms with Crippen LogP contribution in [0.5, 0.6) is 5.75 Å². The minimum Gasteiger partial charge on any atom is -0.479 e. The molecule has 0 unspecified atom stereocenters. The van der Waals surface area contributed by atoms with Crippen LogP contribution < -0.4 is 10.1 Å². The van der Waals surface area contributed by atoms with Crippen molar-refractivity contribution >= 4 is 17.0 Å². The topological polar surface area (TPSA) is 68.8 Å². The number of nitrogens with one attached hydrogen (secondary N) is 1. The monoisotopic (exact) mass is 269 g/mol. The second-order valence-corrected chi connectivity index (χ2v) is 4.74. The van der Waals surface area contributed by atoms with Gasteiger partial charge in [0.15, 0.2) is 6.61 Å². The fourth-order valence-electron chi connectivity index (χ4n) is 1.53. The SMILES string of the molecule is N#CCOc1cccc(NCc2cc(C#N)cs2)c1. The minimum absolute atomic E-state index is 0.0416. The average Bonchev–Trinajstić information content (AvgIpc) is 2.91. The van der Waals surface area contributed by atoms with Crippen LogP contribution in [-0.4, -0.2) is 6.61 Å². The van der Waals surface area contributed by atoms with Gasteiger partial charge in [-0.25, -0.2) is 0 Å². The van der Waals surface area contributed by atoms with Crippen LogP contribution in [0.15, 0.2) is 35.7 Å². The number of ether oxygens (including phenoxy) is 1. The van der Waals surface area contributed by atoms with E-state index in [9.17, 15) is 0 Å². The second-order valence-electron chi connectivity index (χ2n) is 3.74. The molecule has 94 valence electrons. The third-order valence-corrected chi connectivity index (χ3v) is 3.32. The number of benzene rings is 1. The van der Waals surface area contributed by atoms with Crippen molar-refractivity contribution in [2.24, 2.45) is 0 Å². The van der Waals surface area contributed by atoms with Crippen molar-refractivity contribution in [3.05, 3.63) is 46.2 Å². The van der Waals surface area contributed by atoms with Crippen molar-refractivity contribution in [2.75, 3.05) is 11.9 Å². The number of hydrogen-bond acceptors (Lipinski definition) is 5. The van der Waals surface area contributed by atoms with E-state index in [4.69, 9.17) is 15.3 Å². The van der Waals surface area contributed by atoms with Gasteiger partial charge in [-0.3, -0.25) is 0 Å². The molecule has 1 aromatic carbocycles. The van der Waals surface area contributed by atoms with Gasteiger partial charge in [-0.15, -0.1) is 11.3 Å². The molecule has 1 heterocycles. The molecule has 2 rings (SSSR count). The highest BCUT2D eigenvalue weighted by atomic mass is 32.1. The highest BCUT2D eigenvalue weighted by Gasteiger charge is 2.00. The van der Waals surface area contributed by atoms with Gasteiger partial charge in [0.25, 0.3) is 0 Å². The molecule has 0 amide bonds. The van der Waals surface area contributed by atoms with E-state index in [1.807, 2.05) is 35.7 Å². The molecule has 0 radical (unpaired) electrons. The Hall–Kier alpha value is -2.50. The van der Waals surface area contributed by atoms with Gasteiger partial charge in [0.2, 0.25) is 0 Å². The fraction of sp³-hybridized carbons (Fsp3) is 0.143. The predicted molar refractivity (Wildman–Crippen MR) is 73.9 cm³/mol. The molecular formula is C14H11N3OS. The van der Waals surface area contributed by atoms with Crippen molar-refractivity contribution < 1.29 is 4.74 Å². The van der Waals surface area contributed by atoms with Gasteiger partial charge in [-0.2, -0.15) is 10.5 Å². The van der Waals surface area contributed by atoms with Crippen molar-refractivity contribution in [1.29, 1.82) is 10.5 Å². The maximum absolute atomic E-state index is 8.75. The summed E-state index contributed by atoms with van der Waals surface area (Å²) in [6, 6.07) is 13.4. The standard InChI is InChI=1S/C14H11N3OS/c15-4-5-18-13-3-1-2-12(7-13)17-9-14-6-11(8-16)10-19-14/h1-3,6-7,10,17H,5,9H2. The summed E-state index contributed by atoms with van der Waals surface area (Å²) in [6.07, 6.45) is 0. The van der Waals surface area contributed by atoms with Gasteiger partial charge in [-0.05, 0) is 18.2 Å². The quantitative estimate of drug-likeness (QED) is 0.905. The molecular weight excluding hydrogens is 258 g/mol. The summed E-state index contributed by atoms with van der Waals surface area (Å²) in [5.74, 6) is 0.662. The maximum Gasteiger partial charge on any atom is 0.174 e. The van der Waals surface area contributed by atoms with Crippen molar-refractivity contribution in [3.63, 3.8) is 0 Å². The summed E-state index contributed by atoms with van der Waals surface area (Å²) >= 11 is 1.55. The highest BCUT2D eigenvalue weighted by Crippen LogP contribution is 2.20. The Labute approximate surface area is 115 Å². The molecule has 0 atom stereocenters. The maximum atomic E-state index is 8.75. The number of rotatable bonds is 5. The Kier molecular flexibility index (Phi) is 4.39. The molecule has 1 N–H and O–H groups in total. The lowest BCUT2D eigenvalue weighted by Gasteiger charge is -2.07. The molecule has 0 aliphatic heterocycles. The molecule has 0 saturated carbocycles. The van der Waals surface area contributed by atoms with E-state index in [0.29, 0.717) is 17.9 Å². The number of thiophene rings is 1. The Morgan fingerprint density at radius 2 is 2.16 bits per heavy atom. The average molecular weight is 269 g/mol. The Morgan fingerprint density at radius 3 is 2.89 bits per heavy atom. The zero-order chi connectivity index (χ0) is 13.5.